The molecule has 1 aliphatic heterocycles. The molecule has 0 N–H and O–H groups in total. The molecule has 3 aromatic rings. The Kier molecular flexibility index (Phi) is 7.45. The minimum Gasteiger partial charge on any atom is -0.385 e. The van der Waals surface area contributed by atoms with Gasteiger partial charge in [0.05, 0.1) is 16.5 Å². The summed E-state index contributed by atoms with van der Waals surface area (Å²) in [5.74, 6) is 2.09. The van der Waals surface area contributed by atoms with Crippen LogP contribution in [0.15, 0.2) is 47.3 Å². The minimum atomic E-state index is 0.0259. The molecule has 1 atom stereocenters. The van der Waals surface area contributed by atoms with E-state index >= 15 is 0 Å². The largest absolute Gasteiger partial charge is 0.385 e. The van der Waals surface area contributed by atoms with Gasteiger partial charge >= 0.3 is 0 Å². The van der Waals surface area contributed by atoms with Crippen molar-refractivity contribution in [3.63, 3.8) is 0 Å². The van der Waals surface area contributed by atoms with E-state index in [1.165, 1.54) is 44.2 Å². The molecule has 1 aliphatic carbocycles. The number of benzene rings is 2. The first-order valence-corrected chi connectivity index (χ1v) is 13.5. The van der Waals surface area contributed by atoms with Crippen LogP contribution in [-0.2, 0) is 13.0 Å². The Morgan fingerprint density at radius 3 is 2.66 bits per heavy atom. The standard InChI is InChI=1S/C29H36ClN3O2/c1-20(2)16-21-13-14-26-25(17-21)29(34)33(28(31-26)24-11-5-6-12-27(24)35-30)19-22-8-7-15-32(18-22)23-9-3-4-10-23/h5-6,11-14,17,20,22-23H,3-4,7-10,15-16,18-19H2,1-2H3. The summed E-state index contributed by atoms with van der Waals surface area (Å²) in [5, 5.41) is 0.694. The van der Waals surface area contributed by atoms with E-state index in [1.54, 1.807) is 0 Å². The van der Waals surface area contributed by atoms with Crippen molar-refractivity contribution in [1.82, 2.24) is 14.5 Å². The quantitative estimate of drug-likeness (QED) is 0.379. The number of piperidine rings is 1. The van der Waals surface area contributed by atoms with Crippen LogP contribution in [0.5, 0.6) is 5.75 Å². The van der Waals surface area contributed by atoms with Gasteiger partial charge in [-0.1, -0.05) is 44.9 Å². The summed E-state index contributed by atoms with van der Waals surface area (Å²) in [6, 6.07) is 14.4. The number of nitrogens with zero attached hydrogens (tertiary/aromatic N) is 3. The molecule has 0 bridgehead atoms. The Hall–Kier alpha value is -2.37. The summed E-state index contributed by atoms with van der Waals surface area (Å²) in [6.45, 7) is 7.29. The van der Waals surface area contributed by atoms with Crippen LogP contribution in [0, 0.1) is 11.8 Å². The maximum Gasteiger partial charge on any atom is 0.261 e. The molecule has 186 valence electrons. The van der Waals surface area contributed by atoms with E-state index < -0.39 is 0 Å². The second kappa shape index (κ2) is 10.7. The van der Waals surface area contributed by atoms with Crippen molar-refractivity contribution in [2.45, 2.75) is 71.4 Å². The monoisotopic (exact) mass is 493 g/mol. The van der Waals surface area contributed by atoms with Crippen LogP contribution < -0.4 is 9.85 Å². The number of likely N-dealkylation sites (tertiary alicyclic amines) is 1. The fraction of sp³-hybridized carbons (Fsp3) is 0.517. The first-order chi connectivity index (χ1) is 17.0. The molecule has 5 nitrogen and oxygen atoms in total. The molecule has 1 aromatic heterocycles. The highest BCUT2D eigenvalue weighted by Crippen LogP contribution is 2.32. The number of rotatable bonds is 7. The fourth-order valence-corrected chi connectivity index (χ4v) is 6.20. The second-order valence-electron chi connectivity index (χ2n) is 10.8. The molecule has 1 unspecified atom stereocenters. The number of para-hydroxylation sites is 1. The van der Waals surface area contributed by atoms with E-state index in [0.29, 0.717) is 46.9 Å². The van der Waals surface area contributed by atoms with E-state index in [1.807, 2.05) is 41.0 Å². The van der Waals surface area contributed by atoms with E-state index in [2.05, 4.69) is 24.8 Å². The molecule has 1 saturated carbocycles. The van der Waals surface area contributed by atoms with Gasteiger partial charge in [-0.05, 0) is 80.3 Å². The molecule has 0 radical (unpaired) electrons. The molecule has 0 amide bonds. The number of fused-ring (bicyclic) bond motifs is 1. The average Bonchev–Trinajstić information content (AvgIpc) is 3.41. The number of hydrogen-bond donors (Lipinski definition) is 0. The van der Waals surface area contributed by atoms with Gasteiger partial charge in [0.25, 0.3) is 5.56 Å². The lowest BCUT2D eigenvalue weighted by Gasteiger charge is -2.37. The Bertz CT molecular complexity index is 1230. The highest BCUT2D eigenvalue weighted by Gasteiger charge is 2.29. The van der Waals surface area contributed by atoms with Crippen LogP contribution >= 0.6 is 11.9 Å². The van der Waals surface area contributed by atoms with E-state index in [4.69, 9.17) is 21.1 Å². The average molecular weight is 494 g/mol. The van der Waals surface area contributed by atoms with Crippen molar-refractivity contribution in [2.75, 3.05) is 13.1 Å². The van der Waals surface area contributed by atoms with Crippen molar-refractivity contribution >= 4 is 22.8 Å². The van der Waals surface area contributed by atoms with Gasteiger partial charge in [-0.25, -0.2) is 4.98 Å². The van der Waals surface area contributed by atoms with Crippen LogP contribution in [0.2, 0.25) is 0 Å². The van der Waals surface area contributed by atoms with Gasteiger partial charge in [0.15, 0.2) is 5.75 Å². The Morgan fingerprint density at radius 1 is 1.09 bits per heavy atom. The molecule has 6 heteroatoms. The molecule has 2 fully saturated rings. The third-order valence-electron chi connectivity index (χ3n) is 7.71. The number of halogens is 1. The Labute approximate surface area is 213 Å². The van der Waals surface area contributed by atoms with Gasteiger partial charge in [0, 0.05) is 19.1 Å². The highest BCUT2D eigenvalue weighted by atomic mass is 35.5. The van der Waals surface area contributed by atoms with Crippen molar-refractivity contribution in [1.29, 1.82) is 0 Å². The maximum atomic E-state index is 14.0. The zero-order chi connectivity index (χ0) is 24.4. The number of hydrogen-bond acceptors (Lipinski definition) is 4. The fourth-order valence-electron chi connectivity index (χ4n) is 6.07. The Morgan fingerprint density at radius 2 is 1.89 bits per heavy atom. The third-order valence-corrected chi connectivity index (χ3v) is 7.87. The number of aromatic nitrogens is 2. The van der Waals surface area contributed by atoms with E-state index in [-0.39, 0.29) is 5.56 Å². The van der Waals surface area contributed by atoms with Crippen LogP contribution in [0.3, 0.4) is 0 Å². The topological polar surface area (TPSA) is 47.4 Å². The lowest BCUT2D eigenvalue weighted by atomic mass is 9.95. The molecule has 35 heavy (non-hydrogen) atoms. The summed E-state index contributed by atoms with van der Waals surface area (Å²) in [7, 11) is 0. The van der Waals surface area contributed by atoms with Gasteiger partial charge in [-0.2, -0.15) is 0 Å². The second-order valence-corrected chi connectivity index (χ2v) is 11.0. The zero-order valence-electron chi connectivity index (χ0n) is 20.9. The first-order valence-electron chi connectivity index (χ1n) is 13.2. The van der Waals surface area contributed by atoms with E-state index in [0.717, 1.165) is 24.9 Å². The molecular formula is C29H36ClN3O2. The smallest absolute Gasteiger partial charge is 0.261 e. The SMILES string of the molecule is CC(C)Cc1ccc2nc(-c3ccccc3OCl)n(CC3CCCN(C4CCCC4)C3)c(=O)c2c1. The van der Waals surface area contributed by atoms with Gasteiger partial charge in [-0.3, -0.25) is 9.36 Å². The van der Waals surface area contributed by atoms with Crippen molar-refractivity contribution in [3.8, 4) is 17.1 Å². The maximum absolute atomic E-state index is 14.0. The summed E-state index contributed by atoms with van der Waals surface area (Å²) in [4.78, 5) is 21.7. The molecule has 1 saturated heterocycles. The zero-order valence-corrected chi connectivity index (χ0v) is 21.6. The predicted octanol–water partition coefficient (Wildman–Crippen LogP) is 6.45. The normalized spacial score (nSPS) is 19.6. The van der Waals surface area contributed by atoms with Crippen molar-refractivity contribution in [3.05, 3.63) is 58.4 Å². The minimum absolute atomic E-state index is 0.0259. The lowest BCUT2D eigenvalue weighted by molar-refractivity contribution is 0.116. The molecule has 5 rings (SSSR count). The van der Waals surface area contributed by atoms with E-state index in [9.17, 15) is 4.79 Å². The predicted molar refractivity (Wildman–Crippen MR) is 143 cm³/mol. The summed E-state index contributed by atoms with van der Waals surface area (Å²) >= 11 is 5.82. The summed E-state index contributed by atoms with van der Waals surface area (Å²) in [6.07, 6.45) is 8.58. The third kappa shape index (κ3) is 5.26. The molecule has 2 heterocycles. The van der Waals surface area contributed by atoms with Crippen molar-refractivity contribution < 1.29 is 4.29 Å². The van der Waals surface area contributed by atoms with Crippen LogP contribution in [0.4, 0.5) is 0 Å². The molecular weight excluding hydrogens is 458 g/mol. The Balaban J connectivity index is 1.57. The van der Waals surface area contributed by atoms with Crippen LogP contribution in [-0.4, -0.2) is 33.6 Å². The summed E-state index contributed by atoms with van der Waals surface area (Å²) in [5.41, 5.74) is 2.67. The molecule has 0 spiro atoms. The van der Waals surface area contributed by atoms with Crippen molar-refractivity contribution in [2.24, 2.45) is 11.8 Å². The first kappa shape index (κ1) is 24.3. The lowest BCUT2D eigenvalue weighted by Crippen LogP contribution is -2.43. The van der Waals surface area contributed by atoms with Gasteiger partial charge < -0.3 is 9.19 Å². The highest BCUT2D eigenvalue weighted by molar-refractivity contribution is 6.09. The molecule has 2 aromatic carbocycles. The molecule has 2 aliphatic rings. The van der Waals surface area contributed by atoms with Gasteiger partial charge in [0.2, 0.25) is 0 Å². The summed E-state index contributed by atoms with van der Waals surface area (Å²) < 4.78 is 7.04. The van der Waals surface area contributed by atoms with Gasteiger partial charge in [-0.15, -0.1) is 0 Å². The van der Waals surface area contributed by atoms with Crippen LogP contribution in [0.25, 0.3) is 22.3 Å². The van der Waals surface area contributed by atoms with Gasteiger partial charge in [0.1, 0.15) is 17.7 Å². The van der Waals surface area contributed by atoms with Crippen LogP contribution in [0.1, 0.15) is 57.9 Å².